The second kappa shape index (κ2) is 5.17. The molecule has 1 aliphatic rings. The van der Waals surface area contributed by atoms with E-state index in [0.717, 1.165) is 26.2 Å². The van der Waals surface area contributed by atoms with Crippen LogP contribution in [-0.4, -0.2) is 26.2 Å². The third-order valence-corrected chi connectivity index (χ3v) is 0.893. The van der Waals surface area contributed by atoms with Crippen LogP contribution in [0.15, 0.2) is 0 Å². The molecular weight excluding hydrogens is 165 g/mol. The first kappa shape index (κ1) is 8.02. The van der Waals surface area contributed by atoms with Crippen molar-refractivity contribution in [2.45, 2.75) is 0 Å². The molecule has 0 saturated carbocycles. The predicted molar refractivity (Wildman–Crippen MR) is 26.0 cm³/mol. The third-order valence-electron chi connectivity index (χ3n) is 0.893. The molecule has 3 heteroatoms. The molecule has 0 atom stereocenters. The van der Waals surface area contributed by atoms with Gasteiger partial charge >= 0.3 is 0 Å². The fraction of sp³-hybridized carbons (Fsp3) is 1.00. The first-order valence-electron chi connectivity index (χ1n) is 2.34. The molecule has 1 aliphatic heterocycles. The van der Waals surface area contributed by atoms with Crippen molar-refractivity contribution in [3.63, 3.8) is 0 Å². The van der Waals surface area contributed by atoms with E-state index in [-0.39, 0.29) is 32.7 Å². The zero-order valence-corrected chi connectivity index (χ0v) is 7.19. The van der Waals surface area contributed by atoms with Crippen molar-refractivity contribution in [3.05, 3.63) is 5.32 Å². The summed E-state index contributed by atoms with van der Waals surface area (Å²) in [5.41, 5.74) is 0. The SMILES string of the molecule is C1CNCC[N-]1.[Y]. The van der Waals surface area contributed by atoms with Gasteiger partial charge in [0.25, 0.3) is 0 Å². The maximum absolute atomic E-state index is 4.11. The van der Waals surface area contributed by atoms with Gasteiger partial charge in [0, 0.05) is 32.7 Å². The van der Waals surface area contributed by atoms with Crippen molar-refractivity contribution in [2.24, 2.45) is 0 Å². The second-order valence-electron chi connectivity index (χ2n) is 1.42. The van der Waals surface area contributed by atoms with Crippen LogP contribution in [0.2, 0.25) is 0 Å². The molecule has 0 aromatic carbocycles. The van der Waals surface area contributed by atoms with Crippen LogP contribution in [-0.2, 0) is 32.7 Å². The quantitative estimate of drug-likeness (QED) is 0.547. The number of nitrogens with zero attached hydrogens (tertiary/aromatic N) is 1. The van der Waals surface area contributed by atoms with Crippen molar-refractivity contribution in [2.75, 3.05) is 26.2 Å². The van der Waals surface area contributed by atoms with Crippen molar-refractivity contribution in [1.29, 1.82) is 0 Å². The van der Waals surface area contributed by atoms with Gasteiger partial charge in [-0.1, -0.05) is 0 Å². The van der Waals surface area contributed by atoms with Gasteiger partial charge in [0.2, 0.25) is 0 Å². The summed E-state index contributed by atoms with van der Waals surface area (Å²) in [5, 5.41) is 7.31. The average Bonchev–Trinajstić information content (AvgIpc) is 1.72. The Morgan fingerprint density at radius 2 is 1.71 bits per heavy atom. The zero-order chi connectivity index (χ0) is 4.24. The van der Waals surface area contributed by atoms with E-state index in [9.17, 15) is 0 Å². The predicted octanol–water partition coefficient (Wildman–Crippen LogP) is -0.0392. The molecule has 1 fully saturated rings. The van der Waals surface area contributed by atoms with Crippen molar-refractivity contribution in [3.8, 4) is 0 Å². The van der Waals surface area contributed by atoms with E-state index in [2.05, 4.69) is 10.6 Å². The van der Waals surface area contributed by atoms with Gasteiger partial charge < -0.3 is 10.6 Å². The maximum atomic E-state index is 4.11. The van der Waals surface area contributed by atoms with Crippen LogP contribution in [0.4, 0.5) is 0 Å². The van der Waals surface area contributed by atoms with Crippen LogP contribution in [0.1, 0.15) is 0 Å². The van der Waals surface area contributed by atoms with Crippen LogP contribution < -0.4 is 5.32 Å². The molecular formula is C4H9N2Y-. The Labute approximate surface area is 69.3 Å². The van der Waals surface area contributed by atoms with E-state index in [1.807, 2.05) is 0 Å². The van der Waals surface area contributed by atoms with Crippen molar-refractivity contribution in [1.82, 2.24) is 5.32 Å². The van der Waals surface area contributed by atoms with E-state index in [1.165, 1.54) is 0 Å². The molecule has 0 unspecified atom stereocenters. The smallest absolute Gasteiger partial charge is 0 e. The molecule has 0 aromatic heterocycles. The Bertz CT molecular complexity index is 25.2. The molecule has 1 N–H and O–H groups in total. The first-order chi connectivity index (χ1) is 3.00. The summed E-state index contributed by atoms with van der Waals surface area (Å²) in [6.45, 7) is 4.19. The molecule has 7 heavy (non-hydrogen) atoms. The molecule has 1 rings (SSSR count). The number of rotatable bonds is 0. The fourth-order valence-electron chi connectivity index (χ4n) is 0.553. The molecule has 1 radical (unpaired) electrons. The molecule has 1 saturated heterocycles. The van der Waals surface area contributed by atoms with E-state index in [0.29, 0.717) is 0 Å². The van der Waals surface area contributed by atoms with Crippen molar-refractivity contribution >= 4 is 0 Å². The van der Waals surface area contributed by atoms with E-state index in [1.54, 1.807) is 0 Å². The number of hydrogen-bond donors (Lipinski definition) is 1. The maximum Gasteiger partial charge on any atom is 0 e. The Kier molecular flexibility index (Phi) is 5.92. The summed E-state index contributed by atoms with van der Waals surface area (Å²) >= 11 is 0. The Morgan fingerprint density at radius 3 is 1.86 bits per heavy atom. The van der Waals surface area contributed by atoms with Crippen LogP contribution in [0.5, 0.6) is 0 Å². The van der Waals surface area contributed by atoms with Gasteiger partial charge in [0.05, 0.1) is 0 Å². The van der Waals surface area contributed by atoms with Crippen LogP contribution in [0.25, 0.3) is 5.32 Å². The monoisotopic (exact) mass is 174 g/mol. The van der Waals surface area contributed by atoms with Crippen molar-refractivity contribution < 1.29 is 32.7 Å². The summed E-state index contributed by atoms with van der Waals surface area (Å²) in [6, 6.07) is 0. The summed E-state index contributed by atoms with van der Waals surface area (Å²) in [5.74, 6) is 0. The Morgan fingerprint density at radius 1 is 1.14 bits per heavy atom. The van der Waals surface area contributed by atoms with E-state index >= 15 is 0 Å². The number of nitrogens with one attached hydrogen (secondary N) is 1. The molecule has 0 spiro atoms. The Hall–Kier alpha value is 1.02. The van der Waals surface area contributed by atoms with Crippen LogP contribution >= 0.6 is 0 Å². The summed E-state index contributed by atoms with van der Waals surface area (Å²) in [7, 11) is 0. The average molecular weight is 174 g/mol. The molecule has 0 aromatic rings. The summed E-state index contributed by atoms with van der Waals surface area (Å²) < 4.78 is 0. The summed E-state index contributed by atoms with van der Waals surface area (Å²) in [6.07, 6.45) is 0. The largest absolute Gasteiger partial charge is 0.660 e. The van der Waals surface area contributed by atoms with Gasteiger partial charge in [0.15, 0.2) is 0 Å². The minimum Gasteiger partial charge on any atom is -0.660 e. The van der Waals surface area contributed by atoms with E-state index in [4.69, 9.17) is 0 Å². The van der Waals surface area contributed by atoms with Gasteiger partial charge in [-0.15, -0.1) is 13.1 Å². The molecule has 0 aliphatic carbocycles. The zero-order valence-electron chi connectivity index (χ0n) is 4.35. The molecule has 39 valence electrons. The first-order valence-corrected chi connectivity index (χ1v) is 2.34. The summed E-state index contributed by atoms with van der Waals surface area (Å²) in [4.78, 5) is 0. The van der Waals surface area contributed by atoms with Crippen LogP contribution in [0.3, 0.4) is 0 Å². The fourth-order valence-corrected chi connectivity index (χ4v) is 0.553. The van der Waals surface area contributed by atoms with Gasteiger partial charge in [-0.05, 0) is 13.1 Å². The standard InChI is InChI=1S/C4H9N2.Y/c1-2-6-4-3-5-1;/h5H,1-4H2;/q-1;. The molecule has 0 bridgehead atoms. The Balaban J connectivity index is 0.000000360. The van der Waals surface area contributed by atoms with Gasteiger partial charge in [0.1, 0.15) is 0 Å². The number of hydrogen-bond acceptors (Lipinski definition) is 1. The third kappa shape index (κ3) is 3.59. The normalized spacial score (nSPS) is 20.6. The van der Waals surface area contributed by atoms with Gasteiger partial charge in [-0.2, -0.15) is 0 Å². The topological polar surface area (TPSA) is 26.1 Å². The minimum atomic E-state index is 0. The molecule has 2 nitrogen and oxygen atoms in total. The number of piperazine rings is 1. The van der Waals surface area contributed by atoms with E-state index < -0.39 is 0 Å². The minimum absolute atomic E-state index is 0. The van der Waals surface area contributed by atoms with Gasteiger partial charge in [-0.3, -0.25) is 0 Å². The van der Waals surface area contributed by atoms with Gasteiger partial charge in [-0.25, -0.2) is 0 Å². The molecule has 0 amide bonds. The van der Waals surface area contributed by atoms with Crippen LogP contribution in [0, 0.1) is 0 Å². The second-order valence-corrected chi connectivity index (χ2v) is 1.42. The molecule has 1 heterocycles.